The van der Waals surface area contributed by atoms with Crippen molar-refractivity contribution in [2.75, 3.05) is 5.32 Å². The number of aromatic amines is 1. The van der Waals surface area contributed by atoms with E-state index >= 15 is 0 Å². The Kier molecular flexibility index (Phi) is 4.59. The van der Waals surface area contributed by atoms with E-state index in [0.29, 0.717) is 17.3 Å². The van der Waals surface area contributed by atoms with Crippen LogP contribution in [0.25, 0.3) is 16.8 Å². The lowest BCUT2D eigenvalue weighted by atomic mass is 10.1. The van der Waals surface area contributed by atoms with Crippen molar-refractivity contribution in [1.29, 1.82) is 0 Å². The van der Waals surface area contributed by atoms with Gasteiger partial charge >= 0.3 is 0 Å². The van der Waals surface area contributed by atoms with Gasteiger partial charge in [0.25, 0.3) is 5.56 Å². The molecular weight excluding hydrogens is 387 g/mol. The molecule has 7 nitrogen and oxygen atoms in total. The highest BCUT2D eigenvalue weighted by Gasteiger charge is 2.15. The molecule has 2 heterocycles. The predicted octanol–water partition coefficient (Wildman–Crippen LogP) is 2.68. The van der Waals surface area contributed by atoms with Crippen LogP contribution < -0.4 is 10.9 Å². The van der Waals surface area contributed by atoms with Gasteiger partial charge in [-0.05, 0) is 42.5 Å². The summed E-state index contributed by atoms with van der Waals surface area (Å²) in [6, 6.07) is 9.63. The lowest BCUT2D eigenvalue weighted by molar-refractivity contribution is -0.115. The third kappa shape index (κ3) is 3.86. The number of aromatic nitrogens is 4. The third-order valence-electron chi connectivity index (χ3n) is 4.08. The van der Waals surface area contributed by atoms with Crippen molar-refractivity contribution in [2.45, 2.75) is 6.42 Å². The molecule has 10 heteroatoms. The minimum absolute atomic E-state index is 0.0550. The second kappa shape index (κ2) is 7.23. The number of rotatable bonds is 4. The molecule has 4 aromatic rings. The van der Waals surface area contributed by atoms with E-state index in [9.17, 15) is 22.8 Å². The highest BCUT2D eigenvalue weighted by atomic mass is 19.1. The Morgan fingerprint density at radius 3 is 2.38 bits per heavy atom. The molecule has 0 saturated heterocycles. The van der Waals surface area contributed by atoms with E-state index in [1.165, 1.54) is 34.8 Å². The number of carbonyl (C=O) groups excluding carboxylic acids is 1. The Morgan fingerprint density at radius 1 is 1.00 bits per heavy atom. The van der Waals surface area contributed by atoms with Gasteiger partial charge in [0.15, 0.2) is 5.82 Å². The lowest BCUT2D eigenvalue weighted by Crippen LogP contribution is -2.22. The molecule has 0 saturated carbocycles. The zero-order valence-corrected chi connectivity index (χ0v) is 14.6. The number of nitrogens with one attached hydrogen (secondary N) is 2. The molecule has 4 rings (SSSR count). The highest BCUT2D eigenvalue weighted by Crippen LogP contribution is 2.19. The van der Waals surface area contributed by atoms with E-state index in [-0.39, 0.29) is 23.4 Å². The molecule has 2 aromatic carbocycles. The first-order chi connectivity index (χ1) is 13.9. The molecule has 0 radical (unpaired) electrons. The highest BCUT2D eigenvalue weighted by molar-refractivity contribution is 5.91. The number of carbonyl (C=O) groups is 1. The molecule has 2 aromatic heterocycles. The zero-order valence-electron chi connectivity index (χ0n) is 14.6. The van der Waals surface area contributed by atoms with Crippen LogP contribution in [0.1, 0.15) is 5.82 Å². The van der Waals surface area contributed by atoms with Crippen LogP contribution in [-0.4, -0.2) is 25.7 Å². The van der Waals surface area contributed by atoms with Crippen molar-refractivity contribution in [3.05, 3.63) is 82.2 Å². The number of hydrogen-bond acceptors (Lipinski definition) is 4. The summed E-state index contributed by atoms with van der Waals surface area (Å²) in [6.07, 6.45) is -0.323. The topological polar surface area (TPSA) is 92.2 Å². The second-order valence-corrected chi connectivity index (χ2v) is 6.19. The van der Waals surface area contributed by atoms with E-state index in [0.717, 1.165) is 12.1 Å². The monoisotopic (exact) mass is 399 g/mol. The van der Waals surface area contributed by atoms with Crippen LogP contribution in [0.15, 0.2) is 53.3 Å². The molecule has 0 aliphatic rings. The van der Waals surface area contributed by atoms with E-state index in [1.807, 2.05) is 0 Å². The molecule has 2 N–H and O–H groups in total. The predicted molar refractivity (Wildman–Crippen MR) is 97.7 cm³/mol. The Morgan fingerprint density at radius 2 is 1.69 bits per heavy atom. The van der Waals surface area contributed by atoms with Crippen molar-refractivity contribution >= 4 is 17.1 Å². The Bertz CT molecular complexity index is 1260. The molecule has 146 valence electrons. The van der Waals surface area contributed by atoms with Crippen LogP contribution in [0, 0.1) is 17.5 Å². The SMILES string of the molecule is O=C(Cc1n[nH]c(=O)c2cc(-c3ccc(F)cc3)nn12)Nc1cc(F)cc(F)c1. The third-order valence-corrected chi connectivity index (χ3v) is 4.08. The Labute approximate surface area is 160 Å². The lowest BCUT2D eigenvalue weighted by Gasteiger charge is -2.06. The summed E-state index contributed by atoms with van der Waals surface area (Å²) in [7, 11) is 0. The van der Waals surface area contributed by atoms with Crippen LogP contribution in [-0.2, 0) is 11.2 Å². The first-order valence-corrected chi connectivity index (χ1v) is 8.38. The molecule has 0 aliphatic heterocycles. The number of H-pyrrole nitrogens is 1. The largest absolute Gasteiger partial charge is 0.325 e. The van der Waals surface area contributed by atoms with Gasteiger partial charge in [-0.2, -0.15) is 10.2 Å². The second-order valence-electron chi connectivity index (χ2n) is 6.19. The van der Waals surface area contributed by atoms with Gasteiger partial charge in [-0.1, -0.05) is 0 Å². The molecule has 0 spiro atoms. The summed E-state index contributed by atoms with van der Waals surface area (Å²) in [5.41, 5.74) is 0.513. The van der Waals surface area contributed by atoms with Gasteiger partial charge in [0.2, 0.25) is 5.91 Å². The smallest absolute Gasteiger partial charge is 0.290 e. The van der Waals surface area contributed by atoms with Gasteiger partial charge < -0.3 is 5.32 Å². The summed E-state index contributed by atoms with van der Waals surface area (Å²) < 4.78 is 40.9. The summed E-state index contributed by atoms with van der Waals surface area (Å²) in [5, 5.41) is 12.8. The molecule has 29 heavy (non-hydrogen) atoms. The molecule has 0 atom stereocenters. The molecule has 0 bridgehead atoms. The average Bonchev–Trinajstić information content (AvgIpc) is 3.10. The van der Waals surface area contributed by atoms with Crippen LogP contribution in [0.2, 0.25) is 0 Å². The molecule has 0 aliphatic carbocycles. The van der Waals surface area contributed by atoms with Crippen molar-refractivity contribution in [3.63, 3.8) is 0 Å². The number of nitrogens with zero attached hydrogens (tertiary/aromatic N) is 3. The van der Waals surface area contributed by atoms with Crippen LogP contribution in [0.3, 0.4) is 0 Å². The Hall–Kier alpha value is -3.95. The number of anilines is 1. The molecule has 0 unspecified atom stereocenters. The standard InChI is InChI=1S/C19H12F3N5O2/c20-11-3-1-10(2-4-11)15-8-16-19(29)25-24-17(27(16)26-15)9-18(28)23-14-6-12(21)5-13(22)7-14/h1-8H,9H2,(H,23,28)(H,25,29). The fourth-order valence-corrected chi connectivity index (χ4v) is 2.81. The number of fused-ring (bicyclic) bond motifs is 1. The van der Waals surface area contributed by atoms with Gasteiger partial charge in [-0.15, -0.1) is 0 Å². The minimum atomic E-state index is -0.833. The normalized spacial score (nSPS) is 11.0. The minimum Gasteiger partial charge on any atom is -0.325 e. The van der Waals surface area contributed by atoms with Gasteiger partial charge in [-0.3, -0.25) is 9.59 Å². The number of halogens is 3. The van der Waals surface area contributed by atoms with Crippen LogP contribution >= 0.6 is 0 Å². The maximum Gasteiger partial charge on any atom is 0.290 e. The summed E-state index contributed by atoms with van der Waals surface area (Å²) in [4.78, 5) is 24.3. The number of hydrogen-bond donors (Lipinski definition) is 2. The van der Waals surface area contributed by atoms with E-state index in [4.69, 9.17) is 0 Å². The van der Waals surface area contributed by atoms with Crippen molar-refractivity contribution in [1.82, 2.24) is 19.8 Å². The molecule has 1 amide bonds. The van der Waals surface area contributed by atoms with E-state index < -0.39 is 28.9 Å². The fourth-order valence-electron chi connectivity index (χ4n) is 2.81. The van der Waals surface area contributed by atoms with E-state index in [1.54, 1.807) is 0 Å². The number of benzene rings is 2. The summed E-state index contributed by atoms with van der Waals surface area (Å²) >= 11 is 0. The Balaban J connectivity index is 1.65. The first kappa shape index (κ1) is 18.4. The van der Waals surface area contributed by atoms with Crippen molar-refractivity contribution < 1.29 is 18.0 Å². The van der Waals surface area contributed by atoms with Gasteiger partial charge in [0, 0.05) is 17.3 Å². The maximum absolute atomic E-state index is 13.3. The van der Waals surface area contributed by atoms with Crippen LogP contribution in [0.4, 0.5) is 18.9 Å². The quantitative estimate of drug-likeness (QED) is 0.552. The summed E-state index contributed by atoms with van der Waals surface area (Å²) in [5.74, 6) is -2.60. The van der Waals surface area contributed by atoms with Gasteiger partial charge in [-0.25, -0.2) is 22.8 Å². The number of amides is 1. The van der Waals surface area contributed by atoms with Crippen LogP contribution in [0.5, 0.6) is 0 Å². The molecule has 0 fully saturated rings. The molecular formula is C19H12F3N5O2. The zero-order chi connectivity index (χ0) is 20.5. The fraction of sp³-hybridized carbons (Fsp3) is 0.0526. The van der Waals surface area contributed by atoms with Gasteiger partial charge in [0.05, 0.1) is 12.1 Å². The van der Waals surface area contributed by atoms with E-state index in [2.05, 4.69) is 20.6 Å². The summed E-state index contributed by atoms with van der Waals surface area (Å²) in [6.45, 7) is 0. The van der Waals surface area contributed by atoms with Crippen molar-refractivity contribution in [3.8, 4) is 11.3 Å². The van der Waals surface area contributed by atoms with Gasteiger partial charge in [0.1, 0.15) is 23.0 Å². The average molecular weight is 399 g/mol. The van der Waals surface area contributed by atoms with Crippen molar-refractivity contribution in [2.24, 2.45) is 0 Å². The first-order valence-electron chi connectivity index (χ1n) is 8.38. The maximum atomic E-state index is 13.3.